The molecule has 0 aliphatic rings. The van der Waals surface area contributed by atoms with Gasteiger partial charge in [-0.1, -0.05) is 6.92 Å². The van der Waals surface area contributed by atoms with Gasteiger partial charge in [-0.2, -0.15) is 0 Å². The molecule has 0 rings (SSSR count). The summed E-state index contributed by atoms with van der Waals surface area (Å²) in [5.74, 6) is -0.134. The zero-order chi connectivity index (χ0) is 11.4. The smallest absolute Gasteiger partial charge is 0.308 e. The van der Waals surface area contributed by atoms with Gasteiger partial charge in [-0.25, -0.2) is 0 Å². The van der Waals surface area contributed by atoms with E-state index in [0.717, 1.165) is 0 Å². The fraction of sp³-hybridized carbons (Fsp3) is 0.900. The minimum atomic E-state index is -1.91. The summed E-state index contributed by atoms with van der Waals surface area (Å²) < 4.78 is 10.8. The lowest BCUT2D eigenvalue weighted by Crippen LogP contribution is -2.40. The summed E-state index contributed by atoms with van der Waals surface area (Å²) in [5.41, 5.74) is -0.107. The van der Waals surface area contributed by atoms with Crippen LogP contribution < -0.4 is 0 Å². The molecule has 0 N–H and O–H groups in total. The highest BCUT2D eigenvalue weighted by molar-refractivity contribution is 6.75. The van der Waals surface area contributed by atoms with Crippen LogP contribution >= 0.6 is 0 Å². The van der Waals surface area contributed by atoms with E-state index in [2.05, 4.69) is 0 Å². The van der Waals surface area contributed by atoms with Gasteiger partial charge in [-0.3, -0.25) is 4.79 Å². The molecule has 0 bridgehead atoms. The van der Waals surface area contributed by atoms with Crippen LogP contribution in [0.5, 0.6) is 0 Å². The molecule has 1 atom stereocenters. The normalized spacial score (nSPS) is 14.2. The van der Waals surface area contributed by atoms with Crippen molar-refractivity contribution in [2.45, 2.75) is 52.4 Å². The van der Waals surface area contributed by atoms with Crippen LogP contribution in [0.15, 0.2) is 0 Å². The van der Waals surface area contributed by atoms with Crippen LogP contribution in [-0.2, 0) is 14.0 Å². The van der Waals surface area contributed by atoms with Gasteiger partial charge in [0, 0.05) is 6.61 Å². The topological polar surface area (TPSA) is 35.5 Å². The maximum Gasteiger partial charge on any atom is 0.308 e. The van der Waals surface area contributed by atoms with Gasteiger partial charge in [0.25, 0.3) is 0 Å². The molecule has 0 radical (unpaired) electrons. The Balaban J connectivity index is 4.29. The monoisotopic (exact) mass is 218 g/mol. The van der Waals surface area contributed by atoms with Crippen molar-refractivity contribution in [3.8, 4) is 0 Å². The number of ether oxygens (including phenoxy) is 1. The molecule has 0 fully saturated rings. The third-order valence-corrected chi connectivity index (χ3v) is 5.62. The lowest BCUT2D eigenvalue weighted by Gasteiger charge is -2.27. The fourth-order valence-electron chi connectivity index (χ4n) is 1.12. The Morgan fingerprint density at radius 1 is 1.29 bits per heavy atom. The summed E-state index contributed by atoms with van der Waals surface area (Å²) >= 11 is 0. The summed E-state index contributed by atoms with van der Waals surface area (Å²) in [6, 6.07) is 0. The quantitative estimate of drug-likeness (QED) is 0.525. The number of carbonyl (C=O) groups is 1. The molecule has 0 aromatic heterocycles. The van der Waals surface area contributed by atoms with Crippen LogP contribution in [0, 0.1) is 0 Å². The predicted octanol–water partition coefficient (Wildman–Crippen LogP) is 2.57. The first-order valence-electron chi connectivity index (χ1n) is 5.15. The van der Waals surface area contributed by atoms with Crippen LogP contribution in [0.4, 0.5) is 0 Å². The number of hydrogen-bond acceptors (Lipinski definition) is 3. The maximum atomic E-state index is 11.6. The zero-order valence-corrected chi connectivity index (χ0v) is 11.1. The molecule has 0 aliphatic carbocycles. The SMILES string of the molecule is CCO[Si](C)(C)C(C)C(=O)OC(C)C. The van der Waals surface area contributed by atoms with Crippen LogP contribution in [0.2, 0.25) is 18.6 Å². The Morgan fingerprint density at radius 3 is 2.14 bits per heavy atom. The standard InChI is InChI=1S/C10H22O3Si/c1-7-12-14(5,6)9(4)10(11)13-8(2)3/h8-9H,7H2,1-6H3. The first-order chi connectivity index (χ1) is 6.31. The number of hydrogen-bond donors (Lipinski definition) is 0. The first-order valence-corrected chi connectivity index (χ1v) is 8.14. The molecule has 0 aliphatic heterocycles. The van der Waals surface area contributed by atoms with E-state index >= 15 is 0 Å². The van der Waals surface area contributed by atoms with E-state index in [9.17, 15) is 4.79 Å². The van der Waals surface area contributed by atoms with Crippen molar-refractivity contribution < 1.29 is 14.0 Å². The molecule has 0 spiro atoms. The second-order valence-corrected chi connectivity index (χ2v) is 8.61. The summed E-state index contributed by atoms with van der Waals surface area (Å²) in [6.07, 6.45) is -0.0450. The molecule has 0 heterocycles. The van der Waals surface area contributed by atoms with Crippen molar-refractivity contribution in [3.63, 3.8) is 0 Å². The fourth-order valence-corrected chi connectivity index (χ4v) is 2.74. The number of carbonyl (C=O) groups excluding carboxylic acids is 1. The number of rotatable bonds is 5. The van der Waals surface area contributed by atoms with Crippen molar-refractivity contribution in [3.05, 3.63) is 0 Å². The van der Waals surface area contributed by atoms with E-state index in [4.69, 9.17) is 9.16 Å². The molecule has 4 heteroatoms. The maximum absolute atomic E-state index is 11.6. The first kappa shape index (κ1) is 13.6. The van der Waals surface area contributed by atoms with E-state index in [0.29, 0.717) is 6.61 Å². The van der Waals surface area contributed by atoms with Gasteiger partial charge < -0.3 is 9.16 Å². The molecule has 0 aromatic carbocycles. The lowest BCUT2D eigenvalue weighted by atomic mass is 10.4. The van der Waals surface area contributed by atoms with Crippen LogP contribution in [0.3, 0.4) is 0 Å². The van der Waals surface area contributed by atoms with Gasteiger partial charge in [0.15, 0.2) is 8.32 Å². The Kier molecular flexibility index (Phi) is 5.37. The summed E-state index contributed by atoms with van der Waals surface area (Å²) in [4.78, 5) is 11.6. The van der Waals surface area contributed by atoms with Gasteiger partial charge >= 0.3 is 5.97 Å². The molecule has 84 valence electrons. The second-order valence-electron chi connectivity index (χ2n) is 4.24. The van der Waals surface area contributed by atoms with Crippen molar-refractivity contribution in [2.75, 3.05) is 6.61 Å². The largest absolute Gasteiger partial charge is 0.463 e. The van der Waals surface area contributed by atoms with E-state index in [-0.39, 0.29) is 17.6 Å². The Hall–Kier alpha value is -0.353. The summed E-state index contributed by atoms with van der Waals surface area (Å²) in [5, 5.41) is 0. The van der Waals surface area contributed by atoms with Crippen molar-refractivity contribution in [2.24, 2.45) is 0 Å². The van der Waals surface area contributed by atoms with E-state index < -0.39 is 8.32 Å². The van der Waals surface area contributed by atoms with Gasteiger partial charge in [-0.05, 0) is 33.9 Å². The average molecular weight is 218 g/mol. The van der Waals surface area contributed by atoms with Crippen molar-refractivity contribution >= 4 is 14.3 Å². The Bertz CT molecular complexity index is 190. The summed E-state index contributed by atoms with van der Waals surface area (Å²) in [6.45, 7) is 12.3. The average Bonchev–Trinajstić information content (AvgIpc) is 2.01. The van der Waals surface area contributed by atoms with Gasteiger partial charge in [0.05, 0.1) is 11.6 Å². The Morgan fingerprint density at radius 2 is 1.79 bits per heavy atom. The molecule has 14 heavy (non-hydrogen) atoms. The van der Waals surface area contributed by atoms with Crippen molar-refractivity contribution in [1.29, 1.82) is 0 Å². The second kappa shape index (κ2) is 5.51. The molecule has 0 aromatic rings. The van der Waals surface area contributed by atoms with E-state index in [1.54, 1.807) is 0 Å². The van der Waals surface area contributed by atoms with E-state index in [1.807, 2.05) is 40.8 Å². The molecule has 0 saturated heterocycles. The minimum Gasteiger partial charge on any atom is -0.463 e. The predicted molar refractivity (Wildman–Crippen MR) is 59.8 cm³/mol. The van der Waals surface area contributed by atoms with Crippen LogP contribution in [0.25, 0.3) is 0 Å². The van der Waals surface area contributed by atoms with Gasteiger partial charge in [0.2, 0.25) is 0 Å². The minimum absolute atomic E-state index is 0.0450. The molecule has 1 unspecified atom stereocenters. The number of esters is 1. The highest BCUT2D eigenvalue weighted by Crippen LogP contribution is 2.24. The molecular weight excluding hydrogens is 196 g/mol. The molecule has 3 nitrogen and oxygen atoms in total. The zero-order valence-electron chi connectivity index (χ0n) is 10.1. The van der Waals surface area contributed by atoms with Crippen LogP contribution in [0.1, 0.15) is 27.7 Å². The molecular formula is C10H22O3Si. The van der Waals surface area contributed by atoms with Crippen LogP contribution in [-0.4, -0.2) is 27.0 Å². The highest BCUT2D eigenvalue weighted by atomic mass is 28.4. The van der Waals surface area contributed by atoms with Gasteiger partial charge in [-0.15, -0.1) is 0 Å². The third-order valence-electron chi connectivity index (χ3n) is 2.26. The third kappa shape index (κ3) is 4.24. The molecule has 0 saturated carbocycles. The Labute approximate surface area is 87.9 Å². The van der Waals surface area contributed by atoms with E-state index in [1.165, 1.54) is 0 Å². The summed E-state index contributed by atoms with van der Waals surface area (Å²) in [7, 11) is -1.91. The van der Waals surface area contributed by atoms with Gasteiger partial charge in [0.1, 0.15) is 0 Å². The van der Waals surface area contributed by atoms with Crippen molar-refractivity contribution in [1.82, 2.24) is 0 Å². The lowest BCUT2D eigenvalue weighted by molar-refractivity contribution is -0.147. The molecule has 0 amide bonds. The highest BCUT2D eigenvalue weighted by Gasteiger charge is 2.36.